The van der Waals surface area contributed by atoms with Crippen LogP contribution in [-0.4, -0.2) is 24.7 Å². The Balaban J connectivity index is 1.98. The van der Waals surface area contributed by atoms with Crippen LogP contribution in [0, 0.1) is 13.8 Å². The average Bonchev–Trinajstić information content (AvgIpc) is 2.98. The predicted molar refractivity (Wildman–Crippen MR) is 113 cm³/mol. The molecule has 0 saturated carbocycles. The zero-order chi connectivity index (χ0) is 20.3. The molecule has 5 nitrogen and oxygen atoms in total. The second-order valence-electron chi connectivity index (χ2n) is 6.56. The number of allylic oxidation sites excluding steroid dienone is 1. The summed E-state index contributed by atoms with van der Waals surface area (Å²) in [7, 11) is 3.16. The molecule has 1 heterocycles. The van der Waals surface area contributed by atoms with Gasteiger partial charge in [-0.25, -0.2) is 0 Å². The number of thiazole rings is 1. The van der Waals surface area contributed by atoms with E-state index < -0.39 is 0 Å². The number of fused-ring (bicyclic) bond motifs is 1. The van der Waals surface area contributed by atoms with Crippen LogP contribution in [0.3, 0.4) is 0 Å². The summed E-state index contributed by atoms with van der Waals surface area (Å²) < 4.78 is 13.7. The SMILES string of the molecule is C=CCn1c(=NC(=O)Cc2ccc(OC)c(OC)c2)sc2cc(C)c(C)cc21. The number of methoxy groups -OCH3 is 2. The van der Waals surface area contributed by atoms with E-state index in [1.54, 1.807) is 20.3 Å². The topological polar surface area (TPSA) is 52.8 Å². The number of carbonyl (C=O) groups is 1. The number of hydrogen-bond donors (Lipinski definition) is 0. The van der Waals surface area contributed by atoms with Crippen LogP contribution in [-0.2, 0) is 17.8 Å². The fraction of sp³-hybridized carbons (Fsp3) is 0.273. The first kappa shape index (κ1) is 19.9. The van der Waals surface area contributed by atoms with Crippen LogP contribution in [0.15, 0.2) is 48.0 Å². The molecule has 3 rings (SSSR count). The number of benzene rings is 2. The largest absolute Gasteiger partial charge is 0.493 e. The van der Waals surface area contributed by atoms with Gasteiger partial charge in [0, 0.05) is 6.54 Å². The van der Waals surface area contributed by atoms with Crippen LogP contribution in [0.2, 0.25) is 0 Å². The zero-order valence-electron chi connectivity index (χ0n) is 16.6. The number of ether oxygens (including phenoxy) is 2. The van der Waals surface area contributed by atoms with Crippen molar-refractivity contribution in [3.05, 3.63) is 64.5 Å². The lowest BCUT2D eigenvalue weighted by Crippen LogP contribution is -2.17. The van der Waals surface area contributed by atoms with Crippen molar-refractivity contribution >= 4 is 27.5 Å². The molecule has 0 atom stereocenters. The summed E-state index contributed by atoms with van der Waals surface area (Å²) in [6.45, 7) is 8.62. The minimum absolute atomic E-state index is 0.195. The molecule has 2 aromatic carbocycles. The highest BCUT2D eigenvalue weighted by molar-refractivity contribution is 7.16. The Morgan fingerprint density at radius 1 is 1.14 bits per heavy atom. The zero-order valence-corrected chi connectivity index (χ0v) is 17.4. The average molecular weight is 397 g/mol. The van der Waals surface area contributed by atoms with Crippen LogP contribution in [0.5, 0.6) is 11.5 Å². The maximum absolute atomic E-state index is 12.6. The normalized spacial score (nSPS) is 11.6. The predicted octanol–water partition coefficient (Wildman–Crippen LogP) is 4.19. The van der Waals surface area contributed by atoms with Crippen molar-refractivity contribution < 1.29 is 14.3 Å². The molecular weight excluding hydrogens is 372 g/mol. The minimum atomic E-state index is -0.204. The molecule has 0 N–H and O–H groups in total. The molecule has 1 amide bonds. The number of amides is 1. The summed E-state index contributed by atoms with van der Waals surface area (Å²) >= 11 is 1.52. The molecule has 0 bridgehead atoms. The van der Waals surface area contributed by atoms with E-state index >= 15 is 0 Å². The molecule has 0 aliphatic carbocycles. The number of rotatable bonds is 6. The van der Waals surface area contributed by atoms with Crippen LogP contribution in [0.25, 0.3) is 10.2 Å². The van der Waals surface area contributed by atoms with Crippen LogP contribution in [0.1, 0.15) is 16.7 Å². The van der Waals surface area contributed by atoms with Crippen molar-refractivity contribution in [3.8, 4) is 11.5 Å². The molecular formula is C22H24N2O3S. The number of aromatic nitrogens is 1. The lowest BCUT2D eigenvalue weighted by atomic mass is 10.1. The smallest absolute Gasteiger partial charge is 0.252 e. The Hall–Kier alpha value is -2.86. The van der Waals surface area contributed by atoms with Gasteiger partial charge in [-0.05, 0) is 54.8 Å². The van der Waals surface area contributed by atoms with Crippen molar-refractivity contribution in [1.29, 1.82) is 0 Å². The highest BCUT2D eigenvalue weighted by Gasteiger charge is 2.11. The first-order valence-electron chi connectivity index (χ1n) is 8.96. The Morgan fingerprint density at radius 2 is 1.86 bits per heavy atom. The molecule has 1 aromatic heterocycles. The van der Waals surface area contributed by atoms with Gasteiger partial charge in [-0.3, -0.25) is 4.79 Å². The maximum atomic E-state index is 12.6. The van der Waals surface area contributed by atoms with Gasteiger partial charge in [0.05, 0.1) is 30.9 Å². The molecule has 0 aliphatic rings. The van der Waals surface area contributed by atoms with Gasteiger partial charge >= 0.3 is 0 Å². The Labute approximate surface area is 168 Å². The second kappa shape index (κ2) is 8.44. The highest BCUT2D eigenvalue weighted by atomic mass is 32.1. The van der Waals surface area contributed by atoms with E-state index in [2.05, 4.69) is 37.6 Å². The summed E-state index contributed by atoms with van der Waals surface area (Å²) in [6.07, 6.45) is 2.01. The van der Waals surface area contributed by atoms with Gasteiger partial charge in [0.25, 0.3) is 5.91 Å². The summed E-state index contributed by atoms with van der Waals surface area (Å²) in [5.74, 6) is 1.03. The second-order valence-corrected chi connectivity index (χ2v) is 7.57. The van der Waals surface area contributed by atoms with E-state index in [1.807, 2.05) is 22.8 Å². The van der Waals surface area contributed by atoms with E-state index in [-0.39, 0.29) is 12.3 Å². The molecule has 0 unspecified atom stereocenters. The highest BCUT2D eigenvalue weighted by Crippen LogP contribution is 2.28. The lowest BCUT2D eigenvalue weighted by molar-refractivity contribution is -0.117. The number of carbonyl (C=O) groups excluding carboxylic acids is 1. The first-order valence-corrected chi connectivity index (χ1v) is 9.78. The number of nitrogens with zero attached hydrogens (tertiary/aromatic N) is 2. The lowest BCUT2D eigenvalue weighted by Gasteiger charge is -2.08. The standard InChI is InChI=1S/C22H24N2O3S/c1-6-9-24-17-10-14(2)15(3)11-20(17)28-22(24)23-21(25)13-16-7-8-18(26-4)19(12-16)27-5/h6-8,10-12H,1,9,13H2,2-5H3. The summed E-state index contributed by atoms with van der Waals surface area (Å²) in [6, 6.07) is 9.74. The fourth-order valence-electron chi connectivity index (χ4n) is 3.02. The number of aryl methyl sites for hydroxylation is 2. The molecule has 28 heavy (non-hydrogen) atoms. The van der Waals surface area contributed by atoms with Crippen LogP contribution >= 0.6 is 11.3 Å². The maximum Gasteiger partial charge on any atom is 0.252 e. The fourth-order valence-corrected chi connectivity index (χ4v) is 4.16. The minimum Gasteiger partial charge on any atom is -0.493 e. The molecule has 0 fully saturated rings. The van der Waals surface area contributed by atoms with Gasteiger partial charge in [0.15, 0.2) is 16.3 Å². The van der Waals surface area contributed by atoms with Crippen LogP contribution < -0.4 is 14.3 Å². The summed E-state index contributed by atoms with van der Waals surface area (Å²) in [5, 5.41) is 0. The van der Waals surface area contributed by atoms with E-state index in [0.717, 1.165) is 15.8 Å². The van der Waals surface area contributed by atoms with E-state index in [1.165, 1.54) is 22.5 Å². The van der Waals surface area contributed by atoms with Gasteiger partial charge in [-0.1, -0.05) is 23.5 Å². The molecule has 0 radical (unpaired) electrons. The van der Waals surface area contributed by atoms with Gasteiger partial charge in [0.1, 0.15) is 0 Å². The first-order chi connectivity index (χ1) is 13.5. The quantitative estimate of drug-likeness (QED) is 0.587. The van der Waals surface area contributed by atoms with Gasteiger partial charge < -0.3 is 14.0 Å². The van der Waals surface area contributed by atoms with E-state index in [4.69, 9.17) is 9.47 Å². The summed E-state index contributed by atoms with van der Waals surface area (Å²) in [4.78, 5) is 17.7. The van der Waals surface area contributed by atoms with Gasteiger partial charge in [-0.2, -0.15) is 4.99 Å². The van der Waals surface area contributed by atoms with E-state index in [0.29, 0.717) is 22.8 Å². The third-order valence-corrected chi connectivity index (χ3v) is 5.67. The van der Waals surface area contributed by atoms with Gasteiger partial charge in [-0.15, -0.1) is 6.58 Å². The van der Waals surface area contributed by atoms with Crippen molar-refractivity contribution in [3.63, 3.8) is 0 Å². The van der Waals surface area contributed by atoms with Crippen molar-refractivity contribution in [2.75, 3.05) is 14.2 Å². The van der Waals surface area contributed by atoms with Crippen molar-refractivity contribution in [2.45, 2.75) is 26.8 Å². The van der Waals surface area contributed by atoms with Gasteiger partial charge in [0.2, 0.25) is 0 Å². The summed E-state index contributed by atoms with van der Waals surface area (Å²) in [5.41, 5.74) is 4.34. The Morgan fingerprint density at radius 3 is 2.54 bits per heavy atom. The molecule has 6 heteroatoms. The van der Waals surface area contributed by atoms with Crippen LogP contribution in [0.4, 0.5) is 0 Å². The molecule has 0 spiro atoms. The Bertz CT molecular complexity index is 1110. The third kappa shape index (κ3) is 4.02. The van der Waals surface area contributed by atoms with Crippen molar-refractivity contribution in [2.24, 2.45) is 4.99 Å². The molecule has 0 saturated heterocycles. The van der Waals surface area contributed by atoms with Crippen molar-refractivity contribution in [1.82, 2.24) is 4.57 Å². The monoisotopic (exact) mass is 396 g/mol. The van der Waals surface area contributed by atoms with E-state index in [9.17, 15) is 4.79 Å². The third-order valence-electron chi connectivity index (χ3n) is 4.63. The molecule has 3 aromatic rings. The molecule has 146 valence electrons. The Kier molecular flexibility index (Phi) is 5.99. The molecule has 0 aliphatic heterocycles. The number of hydrogen-bond acceptors (Lipinski definition) is 4.